The van der Waals surface area contributed by atoms with Crippen LogP contribution in [0.4, 0.5) is 0 Å². The van der Waals surface area contributed by atoms with Gasteiger partial charge in [0.25, 0.3) is 0 Å². The van der Waals surface area contributed by atoms with E-state index in [1.165, 1.54) is 5.56 Å². The SMILES string of the molecule is C=C1CO[C@@H](c2ccc(C)cc2)[C@@]1(C#N)CCc1ccc(Cl)cc1. The molecule has 1 saturated heterocycles. The second-order valence-corrected chi connectivity index (χ2v) is 6.85. The molecule has 3 heteroatoms. The molecule has 1 aliphatic heterocycles. The first-order valence-corrected chi connectivity index (χ1v) is 8.45. The van der Waals surface area contributed by atoms with Crippen LogP contribution in [0.5, 0.6) is 0 Å². The number of rotatable bonds is 4. The Balaban J connectivity index is 1.87. The second kappa shape index (κ2) is 6.81. The number of aryl methyl sites for hydroxylation is 2. The van der Waals surface area contributed by atoms with Gasteiger partial charge < -0.3 is 4.74 Å². The second-order valence-electron chi connectivity index (χ2n) is 6.41. The van der Waals surface area contributed by atoms with Crippen LogP contribution in [-0.4, -0.2) is 6.61 Å². The van der Waals surface area contributed by atoms with Crippen LogP contribution in [0.25, 0.3) is 0 Å². The molecule has 0 unspecified atom stereocenters. The van der Waals surface area contributed by atoms with Gasteiger partial charge in [0.15, 0.2) is 0 Å². The van der Waals surface area contributed by atoms with Gasteiger partial charge in [-0.3, -0.25) is 0 Å². The molecular formula is C21H20ClNO. The molecule has 1 aliphatic rings. The third-order valence-electron chi connectivity index (χ3n) is 4.80. The summed E-state index contributed by atoms with van der Waals surface area (Å²) in [5.41, 5.74) is 3.58. The first kappa shape index (κ1) is 16.8. The van der Waals surface area contributed by atoms with E-state index in [-0.39, 0.29) is 6.10 Å². The van der Waals surface area contributed by atoms with Gasteiger partial charge in [-0.2, -0.15) is 5.26 Å². The normalized spacial score (nSPS) is 23.2. The molecule has 0 bridgehead atoms. The lowest BCUT2D eigenvalue weighted by atomic mass is 9.72. The third kappa shape index (κ3) is 3.11. The lowest BCUT2D eigenvalue weighted by Crippen LogP contribution is -2.25. The van der Waals surface area contributed by atoms with Gasteiger partial charge in [-0.1, -0.05) is 60.1 Å². The fourth-order valence-electron chi connectivity index (χ4n) is 3.26. The van der Waals surface area contributed by atoms with Crippen molar-refractivity contribution in [1.82, 2.24) is 0 Å². The molecule has 1 fully saturated rings. The highest BCUT2D eigenvalue weighted by Crippen LogP contribution is 2.50. The molecule has 24 heavy (non-hydrogen) atoms. The molecule has 2 nitrogen and oxygen atoms in total. The summed E-state index contributed by atoms with van der Waals surface area (Å²) in [5.74, 6) is 0. The molecule has 0 amide bonds. The molecule has 122 valence electrons. The molecule has 3 rings (SSSR count). The molecule has 0 spiro atoms. The summed E-state index contributed by atoms with van der Waals surface area (Å²) in [7, 11) is 0. The summed E-state index contributed by atoms with van der Waals surface area (Å²) in [4.78, 5) is 0. The molecule has 1 heterocycles. The standard InChI is InChI=1S/C21H20ClNO/c1-15-3-7-18(8-4-15)20-21(14-23,16(2)13-24-20)12-11-17-5-9-19(22)10-6-17/h3-10,20H,2,11-13H2,1H3/t20-,21+/m0/s1. The van der Waals surface area contributed by atoms with Crippen molar-refractivity contribution >= 4 is 11.6 Å². The zero-order valence-electron chi connectivity index (χ0n) is 13.8. The fourth-order valence-corrected chi connectivity index (χ4v) is 3.38. The number of benzene rings is 2. The minimum atomic E-state index is -0.686. The van der Waals surface area contributed by atoms with Gasteiger partial charge in [-0.05, 0) is 48.6 Å². The van der Waals surface area contributed by atoms with E-state index in [2.05, 4.69) is 31.7 Å². The summed E-state index contributed by atoms with van der Waals surface area (Å²) >= 11 is 5.95. The van der Waals surface area contributed by atoms with E-state index in [1.807, 2.05) is 36.4 Å². The van der Waals surface area contributed by atoms with Crippen molar-refractivity contribution in [3.63, 3.8) is 0 Å². The van der Waals surface area contributed by atoms with Crippen LogP contribution in [0, 0.1) is 23.7 Å². The van der Waals surface area contributed by atoms with Gasteiger partial charge in [-0.25, -0.2) is 0 Å². The monoisotopic (exact) mass is 337 g/mol. The molecule has 2 aromatic rings. The highest BCUT2D eigenvalue weighted by molar-refractivity contribution is 6.30. The van der Waals surface area contributed by atoms with Gasteiger partial charge in [0, 0.05) is 5.02 Å². The van der Waals surface area contributed by atoms with E-state index >= 15 is 0 Å². The first-order chi connectivity index (χ1) is 11.5. The lowest BCUT2D eigenvalue weighted by molar-refractivity contribution is 0.0675. The number of nitrogens with zero attached hydrogens (tertiary/aromatic N) is 1. The van der Waals surface area contributed by atoms with Crippen LogP contribution in [-0.2, 0) is 11.2 Å². The maximum absolute atomic E-state index is 9.98. The van der Waals surface area contributed by atoms with E-state index in [4.69, 9.17) is 16.3 Å². The molecule has 2 aromatic carbocycles. The summed E-state index contributed by atoms with van der Waals surface area (Å²) in [6.45, 7) is 6.62. The van der Waals surface area contributed by atoms with Crippen molar-refractivity contribution in [3.8, 4) is 6.07 Å². The Morgan fingerprint density at radius 1 is 1.21 bits per heavy atom. The van der Waals surface area contributed by atoms with Crippen molar-refractivity contribution in [2.45, 2.75) is 25.9 Å². The summed E-state index contributed by atoms with van der Waals surface area (Å²) in [6, 6.07) is 18.5. The topological polar surface area (TPSA) is 33.0 Å². The molecule has 0 aromatic heterocycles. The zero-order valence-corrected chi connectivity index (χ0v) is 14.5. The number of hydrogen-bond acceptors (Lipinski definition) is 2. The summed E-state index contributed by atoms with van der Waals surface area (Å²) in [6.07, 6.45) is 1.21. The maximum Gasteiger partial charge on any atom is 0.111 e. The Kier molecular flexibility index (Phi) is 4.76. The first-order valence-electron chi connectivity index (χ1n) is 8.07. The number of nitriles is 1. The van der Waals surface area contributed by atoms with Crippen molar-refractivity contribution in [2.24, 2.45) is 5.41 Å². The minimum Gasteiger partial charge on any atom is -0.367 e. The van der Waals surface area contributed by atoms with Crippen LogP contribution < -0.4 is 0 Å². The molecule has 0 radical (unpaired) electrons. The Morgan fingerprint density at radius 3 is 2.50 bits per heavy atom. The van der Waals surface area contributed by atoms with E-state index in [9.17, 15) is 5.26 Å². The van der Waals surface area contributed by atoms with Crippen LogP contribution >= 0.6 is 11.6 Å². The van der Waals surface area contributed by atoms with Gasteiger partial charge in [0.1, 0.15) is 11.5 Å². The summed E-state index contributed by atoms with van der Waals surface area (Å²) in [5, 5.41) is 10.7. The predicted molar refractivity (Wildman–Crippen MR) is 96.8 cm³/mol. The Hall–Kier alpha value is -2.08. The van der Waals surface area contributed by atoms with Crippen LogP contribution in [0.2, 0.25) is 5.02 Å². The van der Waals surface area contributed by atoms with Crippen molar-refractivity contribution < 1.29 is 4.74 Å². The van der Waals surface area contributed by atoms with Gasteiger partial charge in [0.05, 0.1) is 12.7 Å². The third-order valence-corrected chi connectivity index (χ3v) is 5.06. The number of halogens is 1. The fraction of sp³-hybridized carbons (Fsp3) is 0.286. The van der Waals surface area contributed by atoms with E-state index in [1.54, 1.807) is 0 Å². The van der Waals surface area contributed by atoms with E-state index < -0.39 is 5.41 Å². The Bertz CT molecular complexity index is 773. The van der Waals surface area contributed by atoms with Crippen molar-refractivity contribution in [1.29, 1.82) is 5.26 Å². The smallest absolute Gasteiger partial charge is 0.111 e. The van der Waals surface area contributed by atoms with Crippen LogP contribution in [0.3, 0.4) is 0 Å². The van der Waals surface area contributed by atoms with Gasteiger partial charge >= 0.3 is 0 Å². The highest BCUT2D eigenvalue weighted by Gasteiger charge is 2.48. The average molecular weight is 338 g/mol. The quantitative estimate of drug-likeness (QED) is 0.698. The predicted octanol–water partition coefficient (Wildman–Crippen LogP) is 5.42. The van der Waals surface area contributed by atoms with Crippen molar-refractivity contribution in [2.75, 3.05) is 6.61 Å². The molecular weight excluding hydrogens is 318 g/mol. The van der Waals surface area contributed by atoms with Crippen molar-refractivity contribution in [3.05, 3.63) is 82.4 Å². The number of hydrogen-bond donors (Lipinski definition) is 0. The van der Waals surface area contributed by atoms with Gasteiger partial charge in [0.2, 0.25) is 0 Å². The molecule has 0 aliphatic carbocycles. The lowest BCUT2D eigenvalue weighted by Gasteiger charge is -2.28. The molecule has 0 N–H and O–H groups in total. The van der Waals surface area contributed by atoms with Gasteiger partial charge in [-0.15, -0.1) is 0 Å². The van der Waals surface area contributed by atoms with E-state index in [0.717, 1.165) is 28.1 Å². The van der Waals surface area contributed by atoms with Crippen LogP contribution in [0.15, 0.2) is 60.7 Å². The maximum atomic E-state index is 9.98. The minimum absolute atomic E-state index is 0.261. The van der Waals surface area contributed by atoms with E-state index in [0.29, 0.717) is 13.0 Å². The average Bonchev–Trinajstić information content (AvgIpc) is 2.92. The largest absolute Gasteiger partial charge is 0.367 e. The molecule has 2 atom stereocenters. The Labute approximate surface area is 148 Å². The van der Waals surface area contributed by atoms with Crippen LogP contribution in [0.1, 0.15) is 29.2 Å². The summed E-state index contributed by atoms with van der Waals surface area (Å²) < 4.78 is 5.96. The highest BCUT2D eigenvalue weighted by atomic mass is 35.5. The zero-order chi connectivity index (χ0) is 17.2. The molecule has 0 saturated carbocycles. The Morgan fingerprint density at radius 2 is 1.88 bits per heavy atom. The number of ether oxygens (including phenoxy) is 1.